The molecule has 0 saturated carbocycles. The minimum absolute atomic E-state index is 0.146. The van der Waals surface area contributed by atoms with Gasteiger partial charge in [0.2, 0.25) is 0 Å². The lowest BCUT2D eigenvalue weighted by Crippen LogP contribution is -2.05. The molecule has 6 heteroatoms. The molecule has 0 radical (unpaired) electrons. The Hall–Kier alpha value is -2.99. The van der Waals surface area contributed by atoms with E-state index in [1.54, 1.807) is 6.20 Å². The van der Waals surface area contributed by atoms with Gasteiger partial charge in [-0.3, -0.25) is 4.57 Å². The van der Waals surface area contributed by atoms with Crippen molar-refractivity contribution in [2.75, 3.05) is 0 Å². The molecule has 0 aliphatic heterocycles. The minimum Gasteiger partial charge on any atom is -0.323 e. The molecule has 4 rings (SSSR count). The molecule has 0 aliphatic rings. The van der Waals surface area contributed by atoms with Gasteiger partial charge in [-0.15, -0.1) is 0 Å². The summed E-state index contributed by atoms with van der Waals surface area (Å²) in [7, 11) is 0. The summed E-state index contributed by atoms with van der Waals surface area (Å²) < 4.78 is 4.01. The molecule has 0 aliphatic carbocycles. The molecule has 0 amide bonds. The van der Waals surface area contributed by atoms with Gasteiger partial charge in [-0.25, -0.2) is 15.0 Å². The highest BCUT2D eigenvalue weighted by atomic mass is 15.1. The minimum atomic E-state index is -0.146. The smallest absolute Gasteiger partial charge is 0.163 e. The standard InChI is InChI=1S/C18H18N6/c1-12-4-3-5-15(21-12)18-22-16(13(2)19)11-24(18)14-6-7-17-20-8-9-23(17)10-14/h3-11,13H,19H2,1-2H3. The van der Waals surface area contributed by atoms with Gasteiger partial charge < -0.3 is 10.1 Å². The molecule has 4 heterocycles. The molecular weight excluding hydrogens is 300 g/mol. The van der Waals surface area contributed by atoms with Crippen molar-refractivity contribution in [1.29, 1.82) is 0 Å². The molecule has 4 aromatic heterocycles. The van der Waals surface area contributed by atoms with E-state index in [2.05, 4.69) is 9.97 Å². The Morgan fingerprint density at radius 3 is 2.75 bits per heavy atom. The van der Waals surface area contributed by atoms with Gasteiger partial charge in [0.15, 0.2) is 5.82 Å². The van der Waals surface area contributed by atoms with Crippen LogP contribution in [0.3, 0.4) is 0 Å². The first-order chi connectivity index (χ1) is 11.6. The molecule has 120 valence electrons. The van der Waals surface area contributed by atoms with Gasteiger partial charge in [-0.05, 0) is 38.1 Å². The van der Waals surface area contributed by atoms with E-state index in [1.807, 2.05) is 71.7 Å². The first-order valence-electron chi connectivity index (χ1n) is 7.84. The Morgan fingerprint density at radius 2 is 1.96 bits per heavy atom. The number of hydrogen-bond donors (Lipinski definition) is 1. The first kappa shape index (κ1) is 14.6. The summed E-state index contributed by atoms with van der Waals surface area (Å²) in [6, 6.07) is 9.78. The Morgan fingerprint density at radius 1 is 1.08 bits per heavy atom. The predicted octanol–water partition coefficient (Wildman–Crippen LogP) is 2.91. The molecule has 0 bridgehead atoms. The van der Waals surface area contributed by atoms with Crippen molar-refractivity contribution < 1.29 is 0 Å². The number of fused-ring (bicyclic) bond motifs is 1. The highest BCUT2D eigenvalue weighted by molar-refractivity contribution is 5.56. The van der Waals surface area contributed by atoms with Crippen molar-refractivity contribution in [3.8, 4) is 17.2 Å². The van der Waals surface area contributed by atoms with E-state index >= 15 is 0 Å². The molecule has 2 N–H and O–H groups in total. The van der Waals surface area contributed by atoms with Crippen molar-refractivity contribution >= 4 is 5.65 Å². The monoisotopic (exact) mass is 318 g/mol. The third kappa shape index (κ3) is 2.47. The third-order valence-electron chi connectivity index (χ3n) is 3.96. The summed E-state index contributed by atoms with van der Waals surface area (Å²) in [6.45, 7) is 3.90. The zero-order chi connectivity index (χ0) is 16.7. The lowest BCUT2D eigenvalue weighted by atomic mass is 10.3. The van der Waals surface area contributed by atoms with E-state index in [0.717, 1.165) is 34.2 Å². The number of rotatable bonds is 3. The third-order valence-corrected chi connectivity index (χ3v) is 3.96. The van der Waals surface area contributed by atoms with Crippen LogP contribution in [0.2, 0.25) is 0 Å². The van der Waals surface area contributed by atoms with Gasteiger partial charge in [0.05, 0.1) is 11.4 Å². The summed E-state index contributed by atoms with van der Waals surface area (Å²) in [4.78, 5) is 13.6. The highest BCUT2D eigenvalue weighted by Crippen LogP contribution is 2.24. The Labute approximate surface area is 139 Å². The summed E-state index contributed by atoms with van der Waals surface area (Å²) in [5.74, 6) is 0.783. The van der Waals surface area contributed by atoms with E-state index in [4.69, 9.17) is 10.7 Å². The van der Waals surface area contributed by atoms with Crippen molar-refractivity contribution in [2.24, 2.45) is 5.73 Å². The molecule has 6 nitrogen and oxygen atoms in total. The molecule has 0 saturated heterocycles. The second kappa shape index (κ2) is 5.58. The first-order valence-corrected chi connectivity index (χ1v) is 7.84. The molecule has 0 spiro atoms. The maximum Gasteiger partial charge on any atom is 0.163 e. The zero-order valence-corrected chi connectivity index (χ0v) is 13.6. The summed E-state index contributed by atoms with van der Waals surface area (Å²) in [5.41, 5.74) is 10.5. The zero-order valence-electron chi connectivity index (χ0n) is 13.6. The van der Waals surface area contributed by atoms with Crippen molar-refractivity contribution in [3.05, 3.63) is 66.5 Å². The van der Waals surface area contributed by atoms with Crippen LogP contribution in [0.15, 0.2) is 55.1 Å². The van der Waals surface area contributed by atoms with Crippen LogP contribution in [-0.2, 0) is 0 Å². The fourth-order valence-electron chi connectivity index (χ4n) is 2.71. The van der Waals surface area contributed by atoms with Gasteiger partial charge in [-0.1, -0.05) is 6.07 Å². The highest BCUT2D eigenvalue weighted by Gasteiger charge is 2.15. The van der Waals surface area contributed by atoms with E-state index in [1.165, 1.54) is 0 Å². The summed E-state index contributed by atoms with van der Waals surface area (Å²) in [6.07, 6.45) is 7.70. The van der Waals surface area contributed by atoms with Crippen LogP contribution < -0.4 is 5.73 Å². The van der Waals surface area contributed by atoms with Gasteiger partial charge >= 0.3 is 0 Å². The van der Waals surface area contributed by atoms with Crippen LogP contribution in [0.1, 0.15) is 24.4 Å². The van der Waals surface area contributed by atoms with Gasteiger partial charge in [0.25, 0.3) is 0 Å². The van der Waals surface area contributed by atoms with Crippen LogP contribution in [0.4, 0.5) is 0 Å². The van der Waals surface area contributed by atoms with Crippen molar-refractivity contribution in [1.82, 2.24) is 23.9 Å². The maximum atomic E-state index is 6.04. The lowest BCUT2D eigenvalue weighted by molar-refractivity contribution is 0.788. The molecule has 1 unspecified atom stereocenters. The molecule has 0 fully saturated rings. The topological polar surface area (TPSA) is 74.0 Å². The fraction of sp³-hybridized carbons (Fsp3) is 0.167. The number of aromatic nitrogens is 5. The van der Waals surface area contributed by atoms with Crippen LogP contribution in [0.25, 0.3) is 22.9 Å². The number of aryl methyl sites for hydroxylation is 1. The van der Waals surface area contributed by atoms with E-state index < -0.39 is 0 Å². The Kier molecular flexibility index (Phi) is 3.39. The van der Waals surface area contributed by atoms with E-state index in [9.17, 15) is 0 Å². The van der Waals surface area contributed by atoms with Crippen molar-refractivity contribution in [2.45, 2.75) is 19.9 Å². The second-order valence-corrected chi connectivity index (χ2v) is 5.89. The van der Waals surface area contributed by atoms with E-state index in [-0.39, 0.29) is 6.04 Å². The number of nitrogens with two attached hydrogens (primary N) is 1. The number of imidazole rings is 2. The quantitative estimate of drug-likeness (QED) is 0.630. The molecule has 24 heavy (non-hydrogen) atoms. The van der Waals surface area contributed by atoms with Gasteiger partial charge in [-0.2, -0.15) is 0 Å². The average molecular weight is 318 g/mol. The number of pyridine rings is 2. The van der Waals surface area contributed by atoms with Crippen LogP contribution in [0, 0.1) is 6.92 Å². The maximum absolute atomic E-state index is 6.04. The Balaban J connectivity index is 1.92. The molecule has 4 aromatic rings. The number of nitrogens with zero attached hydrogens (tertiary/aromatic N) is 5. The van der Waals surface area contributed by atoms with Crippen LogP contribution in [-0.4, -0.2) is 23.9 Å². The SMILES string of the molecule is Cc1cccc(-c2nc(C(C)N)cn2-c2ccc3nccn3c2)n1. The number of hydrogen-bond acceptors (Lipinski definition) is 4. The molecule has 1 atom stereocenters. The molecule has 0 aromatic carbocycles. The largest absolute Gasteiger partial charge is 0.323 e. The van der Waals surface area contributed by atoms with Crippen LogP contribution >= 0.6 is 0 Å². The summed E-state index contributed by atoms with van der Waals surface area (Å²) >= 11 is 0. The summed E-state index contributed by atoms with van der Waals surface area (Å²) in [5, 5.41) is 0. The normalized spacial score (nSPS) is 12.6. The van der Waals surface area contributed by atoms with Crippen LogP contribution in [0.5, 0.6) is 0 Å². The average Bonchev–Trinajstić information content (AvgIpc) is 3.21. The van der Waals surface area contributed by atoms with E-state index in [0.29, 0.717) is 0 Å². The second-order valence-electron chi connectivity index (χ2n) is 5.89. The van der Waals surface area contributed by atoms with Crippen molar-refractivity contribution in [3.63, 3.8) is 0 Å². The molecular formula is C18H18N6. The lowest BCUT2D eigenvalue weighted by Gasteiger charge is -2.08. The predicted molar refractivity (Wildman–Crippen MR) is 92.9 cm³/mol. The van der Waals surface area contributed by atoms with Gasteiger partial charge in [0, 0.05) is 36.5 Å². The van der Waals surface area contributed by atoms with Gasteiger partial charge in [0.1, 0.15) is 11.3 Å². The fourth-order valence-corrected chi connectivity index (χ4v) is 2.71. The Bertz CT molecular complexity index is 1010.